The van der Waals surface area contributed by atoms with Gasteiger partial charge in [0.2, 0.25) is 0 Å². The average molecular weight is 375 g/mol. The molecule has 0 saturated heterocycles. The van der Waals surface area contributed by atoms with E-state index in [0.29, 0.717) is 12.2 Å². The lowest BCUT2D eigenvalue weighted by molar-refractivity contribution is -0.134. The summed E-state index contributed by atoms with van der Waals surface area (Å²) in [6.07, 6.45) is 21.4. The Hall–Kier alpha value is -1.77. The van der Waals surface area contributed by atoms with Crippen LogP contribution in [0, 0.1) is 0 Å². The van der Waals surface area contributed by atoms with Crippen LogP contribution in [-0.2, 0) is 4.79 Å². The van der Waals surface area contributed by atoms with Gasteiger partial charge in [-0.2, -0.15) is 0 Å². The quantitative estimate of drug-likeness (QED) is 0.142. The van der Waals surface area contributed by atoms with Gasteiger partial charge in [0.15, 0.2) is 0 Å². The number of carbonyl (C=O) groups is 1. The number of hydrogen-bond donors (Lipinski definition) is 1. The molecule has 27 heavy (non-hydrogen) atoms. The lowest BCUT2D eigenvalue weighted by Gasteiger charge is -2.04. The topological polar surface area (TPSA) is 46.5 Å². The van der Waals surface area contributed by atoms with Gasteiger partial charge in [-0.25, -0.2) is 0 Å². The van der Waals surface area contributed by atoms with Gasteiger partial charge in [0.25, 0.3) is 0 Å². The van der Waals surface area contributed by atoms with E-state index in [1.54, 1.807) is 12.1 Å². The van der Waals surface area contributed by atoms with Crippen molar-refractivity contribution in [1.82, 2.24) is 0 Å². The lowest BCUT2D eigenvalue weighted by atomic mass is 10.1. The first kappa shape index (κ1) is 23.3. The minimum atomic E-state index is -0.196. The molecule has 152 valence electrons. The van der Waals surface area contributed by atoms with E-state index in [-0.39, 0.29) is 11.7 Å². The molecule has 0 radical (unpaired) electrons. The summed E-state index contributed by atoms with van der Waals surface area (Å²) in [6, 6.07) is 6.25. The molecule has 0 amide bonds. The van der Waals surface area contributed by atoms with Crippen molar-refractivity contribution in [2.45, 2.75) is 96.8 Å². The number of aromatic hydroxyl groups is 1. The zero-order chi connectivity index (χ0) is 19.6. The maximum Gasteiger partial charge on any atom is 0.311 e. The normalized spacial score (nSPS) is 11.1. The molecule has 1 N–H and O–H groups in total. The van der Waals surface area contributed by atoms with Crippen molar-refractivity contribution in [3.05, 3.63) is 36.4 Å². The van der Waals surface area contributed by atoms with Gasteiger partial charge in [-0.1, -0.05) is 70.4 Å². The molecule has 0 fully saturated rings. The minimum absolute atomic E-state index is 0.173. The van der Waals surface area contributed by atoms with Gasteiger partial charge >= 0.3 is 5.97 Å². The van der Waals surface area contributed by atoms with Gasteiger partial charge in [0, 0.05) is 6.42 Å². The van der Waals surface area contributed by atoms with Crippen LogP contribution in [0.4, 0.5) is 0 Å². The third kappa shape index (κ3) is 14.0. The Bertz CT molecular complexity index is 505. The highest BCUT2D eigenvalue weighted by Crippen LogP contribution is 2.17. The number of hydrogen-bond acceptors (Lipinski definition) is 3. The van der Waals surface area contributed by atoms with Crippen LogP contribution in [-0.4, -0.2) is 11.1 Å². The Morgan fingerprint density at radius 3 is 1.93 bits per heavy atom. The fourth-order valence-corrected chi connectivity index (χ4v) is 3.04. The van der Waals surface area contributed by atoms with E-state index in [2.05, 4.69) is 19.1 Å². The number of phenolic OH excluding ortho intramolecular Hbond substituents is 1. The second-order valence-corrected chi connectivity index (χ2v) is 7.30. The van der Waals surface area contributed by atoms with Gasteiger partial charge in [-0.15, -0.1) is 0 Å². The van der Waals surface area contributed by atoms with Crippen molar-refractivity contribution in [2.75, 3.05) is 0 Å². The van der Waals surface area contributed by atoms with Gasteiger partial charge < -0.3 is 9.84 Å². The zero-order valence-corrected chi connectivity index (χ0v) is 17.1. The predicted octanol–water partition coefficient (Wildman–Crippen LogP) is 7.34. The molecule has 1 aromatic carbocycles. The summed E-state index contributed by atoms with van der Waals surface area (Å²) in [6.45, 7) is 2.26. The highest BCUT2D eigenvalue weighted by Gasteiger charge is 2.04. The van der Waals surface area contributed by atoms with Crippen molar-refractivity contribution < 1.29 is 14.6 Å². The van der Waals surface area contributed by atoms with Crippen LogP contribution >= 0.6 is 0 Å². The monoisotopic (exact) mass is 374 g/mol. The van der Waals surface area contributed by atoms with Crippen molar-refractivity contribution in [3.63, 3.8) is 0 Å². The first-order valence-corrected chi connectivity index (χ1v) is 10.9. The summed E-state index contributed by atoms with van der Waals surface area (Å²) in [4.78, 5) is 11.7. The SMILES string of the molecule is CCCCCCCC/C=C\CCCCCCCC(=O)Oc1ccc(O)cc1. The Morgan fingerprint density at radius 2 is 1.33 bits per heavy atom. The molecular weight excluding hydrogens is 336 g/mol. The Morgan fingerprint density at radius 1 is 0.815 bits per heavy atom. The van der Waals surface area contributed by atoms with Crippen molar-refractivity contribution >= 4 is 5.97 Å². The number of phenols is 1. The Labute approximate surface area is 165 Å². The molecule has 0 atom stereocenters. The van der Waals surface area contributed by atoms with Crippen LogP contribution in [0.1, 0.15) is 96.8 Å². The van der Waals surface area contributed by atoms with Gasteiger partial charge in [0.05, 0.1) is 0 Å². The molecule has 0 aromatic heterocycles. The van der Waals surface area contributed by atoms with E-state index in [9.17, 15) is 9.90 Å². The molecule has 0 bridgehead atoms. The maximum absolute atomic E-state index is 11.7. The largest absolute Gasteiger partial charge is 0.508 e. The third-order valence-electron chi connectivity index (χ3n) is 4.71. The van der Waals surface area contributed by atoms with E-state index in [0.717, 1.165) is 12.8 Å². The number of allylic oxidation sites excluding steroid dienone is 2. The molecule has 3 heteroatoms. The standard InChI is InChI=1S/C24H38O3/c1-2-3-4-5-6-7-8-9-10-11-12-13-14-15-16-17-24(26)27-23-20-18-22(25)19-21-23/h9-10,18-21,25H,2-8,11-17H2,1H3/b10-9-. The summed E-state index contributed by atoms with van der Waals surface area (Å²) < 4.78 is 5.23. The van der Waals surface area contributed by atoms with Crippen LogP contribution < -0.4 is 4.74 Å². The molecule has 3 nitrogen and oxygen atoms in total. The van der Waals surface area contributed by atoms with Crippen LogP contribution in [0.2, 0.25) is 0 Å². The van der Waals surface area contributed by atoms with E-state index in [1.807, 2.05) is 0 Å². The number of ether oxygens (including phenoxy) is 1. The Balaban J connectivity index is 1.86. The van der Waals surface area contributed by atoms with Gasteiger partial charge in [-0.05, 0) is 56.4 Å². The molecule has 0 heterocycles. The molecule has 0 aliphatic carbocycles. The molecule has 0 saturated carbocycles. The van der Waals surface area contributed by atoms with Crippen molar-refractivity contribution in [1.29, 1.82) is 0 Å². The summed E-state index contributed by atoms with van der Waals surface area (Å²) in [5, 5.41) is 9.20. The van der Waals surface area contributed by atoms with Crippen LogP contribution in [0.3, 0.4) is 0 Å². The average Bonchev–Trinajstić information content (AvgIpc) is 2.66. The number of unbranched alkanes of at least 4 members (excludes halogenated alkanes) is 11. The second-order valence-electron chi connectivity index (χ2n) is 7.30. The number of esters is 1. The van der Waals surface area contributed by atoms with E-state index < -0.39 is 0 Å². The number of benzene rings is 1. The molecule has 0 spiro atoms. The second kappa shape index (κ2) is 16.4. The van der Waals surface area contributed by atoms with E-state index in [4.69, 9.17) is 4.74 Å². The maximum atomic E-state index is 11.7. The molecule has 1 rings (SSSR count). The first-order chi connectivity index (χ1) is 13.2. The Kier molecular flexibility index (Phi) is 14.1. The highest BCUT2D eigenvalue weighted by atomic mass is 16.5. The first-order valence-electron chi connectivity index (χ1n) is 10.9. The molecule has 0 aliphatic heterocycles. The molecular formula is C24H38O3. The number of carbonyl (C=O) groups excluding carboxylic acids is 1. The van der Waals surface area contributed by atoms with Crippen molar-refractivity contribution in [3.8, 4) is 11.5 Å². The summed E-state index contributed by atoms with van der Waals surface area (Å²) >= 11 is 0. The van der Waals surface area contributed by atoms with Crippen LogP contribution in [0.15, 0.2) is 36.4 Å². The third-order valence-corrected chi connectivity index (χ3v) is 4.71. The molecule has 1 aromatic rings. The minimum Gasteiger partial charge on any atom is -0.508 e. The summed E-state index contributed by atoms with van der Waals surface area (Å²) in [7, 11) is 0. The van der Waals surface area contributed by atoms with E-state index >= 15 is 0 Å². The summed E-state index contributed by atoms with van der Waals surface area (Å²) in [5.74, 6) is 0.468. The van der Waals surface area contributed by atoms with Gasteiger partial charge in [0.1, 0.15) is 11.5 Å². The highest BCUT2D eigenvalue weighted by molar-refractivity contribution is 5.72. The van der Waals surface area contributed by atoms with Gasteiger partial charge in [-0.3, -0.25) is 4.79 Å². The fourth-order valence-electron chi connectivity index (χ4n) is 3.04. The van der Waals surface area contributed by atoms with Crippen LogP contribution in [0.25, 0.3) is 0 Å². The molecule has 0 unspecified atom stereocenters. The van der Waals surface area contributed by atoms with Crippen LogP contribution in [0.5, 0.6) is 11.5 Å². The van der Waals surface area contributed by atoms with Crippen molar-refractivity contribution in [2.24, 2.45) is 0 Å². The smallest absolute Gasteiger partial charge is 0.311 e. The summed E-state index contributed by atoms with van der Waals surface area (Å²) in [5.41, 5.74) is 0. The zero-order valence-electron chi connectivity index (χ0n) is 17.1. The number of rotatable bonds is 16. The fraction of sp³-hybridized carbons (Fsp3) is 0.625. The predicted molar refractivity (Wildman–Crippen MR) is 113 cm³/mol. The van der Waals surface area contributed by atoms with E-state index in [1.165, 1.54) is 82.8 Å². The molecule has 0 aliphatic rings. The lowest BCUT2D eigenvalue weighted by Crippen LogP contribution is -2.07.